The molecule has 0 spiro atoms. The van der Waals surface area contributed by atoms with E-state index in [1.807, 2.05) is 0 Å². The van der Waals surface area contributed by atoms with Crippen LogP contribution in [0.4, 0.5) is 8.78 Å². The monoisotopic (exact) mass is 240 g/mol. The Bertz CT molecular complexity index is 541. The zero-order valence-electron chi connectivity index (χ0n) is 8.05. The van der Waals surface area contributed by atoms with Crippen LogP contribution in [0.15, 0.2) is 36.4 Å². The molecule has 0 bridgehead atoms. The van der Waals surface area contributed by atoms with Gasteiger partial charge in [-0.1, -0.05) is 17.7 Å². The van der Waals surface area contributed by atoms with Crippen molar-refractivity contribution >= 4 is 11.6 Å². The predicted molar refractivity (Wildman–Crippen MR) is 58.5 cm³/mol. The summed E-state index contributed by atoms with van der Waals surface area (Å²) in [6.07, 6.45) is 0. The third-order valence-corrected chi connectivity index (χ3v) is 2.49. The third kappa shape index (κ3) is 1.99. The van der Waals surface area contributed by atoms with Crippen LogP contribution in [0.5, 0.6) is 5.75 Å². The van der Waals surface area contributed by atoms with E-state index in [4.69, 9.17) is 11.6 Å². The quantitative estimate of drug-likeness (QED) is 0.799. The highest BCUT2D eigenvalue weighted by molar-refractivity contribution is 6.32. The van der Waals surface area contributed by atoms with E-state index in [1.54, 1.807) is 0 Å². The Hall–Kier alpha value is -1.61. The van der Waals surface area contributed by atoms with Gasteiger partial charge in [0, 0.05) is 5.56 Å². The van der Waals surface area contributed by atoms with Gasteiger partial charge in [0.2, 0.25) is 0 Å². The summed E-state index contributed by atoms with van der Waals surface area (Å²) in [6.45, 7) is 0. The van der Waals surface area contributed by atoms with Crippen LogP contribution in [0.1, 0.15) is 0 Å². The first-order valence-corrected chi connectivity index (χ1v) is 4.89. The first-order valence-electron chi connectivity index (χ1n) is 4.52. The molecule has 0 atom stereocenters. The van der Waals surface area contributed by atoms with E-state index < -0.39 is 11.6 Å². The lowest BCUT2D eigenvalue weighted by atomic mass is 10.0. The van der Waals surface area contributed by atoms with E-state index in [-0.39, 0.29) is 16.3 Å². The molecule has 0 saturated carbocycles. The second kappa shape index (κ2) is 4.10. The average Bonchev–Trinajstić information content (AvgIpc) is 2.26. The van der Waals surface area contributed by atoms with Crippen molar-refractivity contribution in [2.24, 2.45) is 0 Å². The first kappa shape index (κ1) is 10.9. The van der Waals surface area contributed by atoms with E-state index in [0.29, 0.717) is 5.56 Å². The molecular weight excluding hydrogens is 234 g/mol. The van der Waals surface area contributed by atoms with Crippen LogP contribution in [-0.4, -0.2) is 5.11 Å². The summed E-state index contributed by atoms with van der Waals surface area (Å²) in [5.74, 6) is -1.16. The minimum atomic E-state index is -0.539. The second-order valence-corrected chi connectivity index (χ2v) is 3.70. The van der Waals surface area contributed by atoms with Crippen LogP contribution in [0.3, 0.4) is 0 Å². The van der Waals surface area contributed by atoms with E-state index in [9.17, 15) is 13.9 Å². The second-order valence-electron chi connectivity index (χ2n) is 3.29. The molecule has 0 amide bonds. The summed E-state index contributed by atoms with van der Waals surface area (Å²) >= 11 is 5.69. The van der Waals surface area contributed by atoms with E-state index in [1.165, 1.54) is 18.2 Å². The molecule has 82 valence electrons. The van der Waals surface area contributed by atoms with Crippen LogP contribution in [-0.2, 0) is 0 Å². The van der Waals surface area contributed by atoms with Gasteiger partial charge >= 0.3 is 0 Å². The summed E-state index contributed by atoms with van der Waals surface area (Å²) in [4.78, 5) is 0. The molecule has 2 aromatic rings. The minimum absolute atomic E-state index is 0.0952. The molecule has 0 aliphatic carbocycles. The zero-order valence-corrected chi connectivity index (χ0v) is 8.80. The summed E-state index contributed by atoms with van der Waals surface area (Å²) in [7, 11) is 0. The Labute approximate surface area is 95.9 Å². The molecule has 0 aliphatic rings. The molecule has 4 heteroatoms. The topological polar surface area (TPSA) is 20.2 Å². The number of hydrogen-bond donors (Lipinski definition) is 1. The maximum absolute atomic E-state index is 13.4. The van der Waals surface area contributed by atoms with Gasteiger partial charge in [-0.25, -0.2) is 8.78 Å². The highest BCUT2D eigenvalue weighted by atomic mass is 35.5. The van der Waals surface area contributed by atoms with Crippen LogP contribution >= 0.6 is 11.6 Å². The molecule has 1 N–H and O–H groups in total. The third-order valence-electron chi connectivity index (χ3n) is 2.19. The molecule has 16 heavy (non-hydrogen) atoms. The Morgan fingerprint density at radius 3 is 2.44 bits per heavy atom. The van der Waals surface area contributed by atoms with Crippen molar-refractivity contribution in [1.29, 1.82) is 0 Å². The van der Waals surface area contributed by atoms with E-state index >= 15 is 0 Å². The summed E-state index contributed by atoms with van der Waals surface area (Å²) < 4.78 is 26.4. The molecular formula is C12H7ClF2O. The van der Waals surface area contributed by atoms with Gasteiger partial charge in [-0.15, -0.1) is 0 Å². The standard InChI is InChI=1S/C12H7ClF2O/c13-10-5-7(1-4-12(10)16)9-6-8(14)2-3-11(9)15/h1-6,16H. The van der Waals surface area contributed by atoms with Crippen LogP contribution in [0.25, 0.3) is 11.1 Å². The van der Waals surface area contributed by atoms with Gasteiger partial charge < -0.3 is 5.11 Å². The average molecular weight is 241 g/mol. The summed E-state index contributed by atoms with van der Waals surface area (Å²) in [5, 5.41) is 9.31. The van der Waals surface area contributed by atoms with Gasteiger partial charge in [0.15, 0.2) is 0 Å². The number of rotatable bonds is 1. The van der Waals surface area contributed by atoms with Gasteiger partial charge in [-0.2, -0.15) is 0 Å². The van der Waals surface area contributed by atoms with Crippen LogP contribution in [0.2, 0.25) is 5.02 Å². The highest BCUT2D eigenvalue weighted by Crippen LogP contribution is 2.30. The van der Waals surface area contributed by atoms with E-state index in [2.05, 4.69) is 0 Å². The maximum Gasteiger partial charge on any atom is 0.134 e. The fourth-order valence-corrected chi connectivity index (χ4v) is 1.57. The van der Waals surface area contributed by atoms with Crippen molar-refractivity contribution in [1.82, 2.24) is 0 Å². The van der Waals surface area contributed by atoms with Crippen molar-refractivity contribution in [2.45, 2.75) is 0 Å². The van der Waals surface area contributed by atoms with Crippen molar-refractivity contribution in [3.63, 3.8) is 0 Å². The number of phenolic OH excluding ortho intramolecular Hbond substituents is 1. The van der Waals surface area contributed by atoms with Crippen molar-refractivity contribution in [2.75, 3.05) is 0 Å². The minimum Gasteiger partial charge on any atom is -0.506 e. The smallest absolute Gasteiger partial charge is 0.134 e. The molecule has 0 aliphatic heterocycles. The molecule has 0 unspecified atom stereocenters. The number of benzene rings is 2. The number of phenols is 1. The maximum atomic E-state index is 13.4. The summed E-state index contributed by atoms with van der Waals surface area (Å²) in [6, 6.07) is 7.36. The van der Waals surface area contributed by atoms with Crippen LogP contribution in [0, 0.1) is 11.6 Å². The largest absolute Gasteiger partial charge is 0.506 e. The van der Waals surface area contributed by atoms with Crippen LogP contribution < -0.4 is 0 Å². The van der Waals surface area contributed by atoms with Gasteiger partial charge in [-0.3, -0.25) is 0 Å². The Morgan fingerprint density at radius 2 is 1.75 bits per heavy atom. The Morgan fingerprint density at radius 1 is 1.00 bits per heavy atom. The Balaban J connectivity index is 2.58. The highest BCUT2D eigenvalue weighted by Gasteiger charge is 2.08. The SMILES string of the molecule is Oc1ccc(-c2cc(F)ccc2F)cc1Cl. The Kier molecular flexibility index (Phi) is 2.79. The fraction of sp³-hybridized carbons (Fsp3) is 0. The molecule has 0 saturated heterocycles. The lowest BCUT2D eigenvalue weighted by Gasteiger charge is -2.05. The predicted octanol–water partition coefficient (Wildman–Crippen LogP) is 3.99. The fourth-order valence-electron chi connectivity index (χ4n) is 1.39. The summed E-state index contributed by atoms with van der Waals surface area (Å²) in [5.41, 5.74) is 0.529. The van der Waals surface area contributed by atoms with Crippen molar-refractivity contribution < 1.29 is 13.9 Å². The van der Waals surface area contributed by atoms with Crippen molar-refractivity contribution in [3.05, 3.63) is 53.1 Å². The molecule has 0 fully saturated rings. The lowest BCUT2D eigenvalue weighted by molar-refractivity contribution is 0.475. The lowest BCUT2D eigenvalue weighted by Crippen LogP contribution is -1.86. The van der Waals surface area contributed by atoms with Gasteiger partial charge in [0.1, 0.15) is 17.4 Å². The van der Waals surface area contributed by atoms with Gasteiger partial charge in [0.25, 0.3) is 0 Å². The van der Waals surface area contributed by atoms with Gasteiger partial charge in [0.05, 0.1) is 5.02 Å². The van der Waals surface area contributed by atoms with Gasteiger partial charge in [-0.05, 0) is 35.9 Å². The number of halogens is 3. The molecule has 0 aromatic heterocycles. The number of aromatic hydroxyl groups is 1. The zero-order chi connectivity index (χ0) is 11.7. The number of hydrogen-bond acceptors (Lipinski definition) is 1. The van der Waals surface area contributed by atoms with Crippen molar-refractivity contribution in [3.8, 4) is 16.9 Å². The molecule has 0 heterocycles. The molecule has 2 aromatic carbocycles. The molecule has 2 rings (SSSR count). The first-order chi connectivity index (χ1) is 7.58. The molecule has 0 radical (unpaired) electrons. The van der Waals surface area contributed by atoms with E-state index in [0.717, 1.165) is 18.2 Å². The molecule has 1 nitrogen and oxygen atoms in total. The normalized spacial score (nSPS) is 10.4.